The molecule has 1 aromatic heterocycles. The Morgan fingerprint density at radius 3 is 2.70 bits per heavy atom. The Balaban J connectivity index is 1.65. The maximum Gasteiger partial charge on any atom is 0.126 e. The normalized spacial score (nSPS) is 19.6. The minimum Gasteiger partial charge on any atom is -0.346 e. The van der Waals surface area contributed by atoms with Crippen LogP contribution >= 0.6 is 0 Å². The van der Waals surface area contributed by atoms with Gasteiger partial charge in [-0.05, 0) is 37.6 Å². The van der Waals surface area contributed by atoms with Crippen molar-refractivity contribution in [1.82, 2.24) is 14.9 Å². The Labute approximate surface area is 116 Å². The Hall–Kier alpha value is -1.75. The summed E-state index contributed by atoms with van der Waals surface area (Å²) in [5.74, 6) is 0.354. The van der Waals surface area contributed by atoms with E-state index in [0.717, 1.165) is 37.1 Å². The fourth-order valence-electron chi connectivity index (χ4n) is 2.80. The number of hydrogen-bond donors (Lipinski definition) is 1. The molecule has 1 fully saturated rings. The molecule has 1 aliphatic heterocycles. The van der Waals surface area contributed by atoms with Gasteiger partial charge in [0.25, 0.3) is 0 Å². The summed E-state index contributed by atoms with van der Waals surface area (Å²) in [5.41, 5.74) is 1.74. The summed E-state index contributed by atoms with van der Waals surface area (Å²) in [4.78, 5) is 9.83. The topological polar surface area (TPSA) is 31.9 Å². The van der Waals surface area contributed by atoms with E-state index < -0.39 is 11.6 Å². The number of H-pyrrole nitrogens is 1. The van der Waals surface area contributed by atoms with E-state index in [1.807, 2.05) is 13.1 Å². The van der Waals surface area contributed by atoms with Gasteiger partial charge in [0.2, 0.25) is 0 Å². The van der Waals surface area contributed by atoms with E-state index in [1.165, 1.54) is 12.1 Å². The molecule has 0 saturated carbocycles. The fourth-order valence-corrected chi connectivity index (χ4v) is 2.80. The molecule has 3 nitrogen and oxygen atoms in total. The zero-order valence-electron chi connectivity index (χ0n) is 11.4. The maximum atomic E-state index is 13.2. The minimum atomic E-state index is -0.516. The number of hydrogen-bond acceptors (Lipinski definition) is 2. The SMILES string of the molecule is Cc1cnc([C@@H]2CCN(Cc3cc(F)cc(F)c3)C2)[nH]1. The van der Waals surface area contributed by atoms with E-state index in [2.05, 4.69) is 14.9 Å². The molecule has 0 unspecified atom stereocenters. The van der Waals surface area contributed by atoms with Crippen molar-refractivity contribution >= 4 is 0 Å². The molecule has 3 rings (SSSR count). The van der Waals surface area contributed by atoms with Gasteiger partial charge in [-0.15, -0.1) is 0 Å². The summed E-state index contributed by atoms with van der Waals surface area (Å²) in [5, 5.41) is 0. The number of imidazole rings is 1. The molecule has 5 heteroatoms. The molecule has 1 aromatic carbocycles. The highest BCUT2D eigenvalue weighted by Gasteiger charge is 2.25. The molecule has 106 valence electrons. The first-order valence-corrected chi connectivity index (χ1v) is 6.79. The number of nitrogens with one attached hydrogen (secondary N) is 1. The van der Waals surface area contributed by atoms with E-state index in [4.69, 9.17) is 0 Å². The van der Waals surface area contributed by atoms with Crippen molar-refractivity contribution in [3.05, 3.63) is 53.1 Å². The van der Waals surface area contributed by atoms with Gasteiger partial charge in [-0.2, -0.15) is 0 Å². The summed E-state index contributed by atoms with van der Waals surface area (Å²) in [6, 6.07) is 3.70. The third-order valence-corrected chi connectivity index (χ3v) is 3.71. The Morgan fingerprint density at radius 2 is 2.05 bits per heavy atom. The van der Waals surface area contributed by atoms with Crippen LogP contribution in [0, 0.1) is 18.6 Å². The fraction of sp³-hybridized carbons (Fsp3) is 0.400. The number of aromatic nitrogens is 2. The monoisotopic (exact) mass is 277 g/mol. The third-order valence-electron chi connectivity index (χ3n) is 3.71. The highest BCUT2D eigenvalue weighted by Crippen LogP contribution is 2.26. The zero-order chi connectivity index (χ0) is 14.1. The van der Waals surface area contributed by atoms with Gasteiger partial charge in [0.1, 0.15) is 17.5 Å². The van der Waals surface area contributed by atoms with Gasteiger partial charge >= 0.3 is 0 Å². The maximum absolute atomic E-state index is 13.2. The van der Waals surface area contributed by atoms with Crippen LogP contribution in [-0.2, 0) is 6.54 Å². The van der Waals surface area contributed by atoms with Crippen LogP contribution in [0.4, 0.5) is 8.78 Å². The molecular weight excluding hydrogens is 260 g/mol. The lowest BCUT2D eigenvalue weighted by atomic mass is 10.1. The summed E-state index contributed by atoms with van der Waals surface area (Å²) in [7, 11) is 0. The highest BCUT2D eigenvalue weighted by atomic mass is 19.1. The smallest absolute Gasteiger partial charge is 0.126 e. The molecule has 1 saturated heterocycles. The van der Waals surface area contributed by atoms with Crippen LogP contribution in [0.1, 0.15) is 29.4 Å². The molecule has 1 atom stereocenters. The first-order chi connectivity index (χ1) is 9.60. The molecule has 2 aromatic rings. The summed E-state index contributed by atoms with van der Waals surface area (Å²) < 4.78 is 26.3. The average molecular weight is 277 g/mol. The van der Waals surface area contributed by atoms with Gasteiger partial charge in [0, 0.05) is 37.0 Å². The summed E-state index contributed by atoms with van der Waals surface area (Å²) in [6.07, 6.45) is 2.85. The van der Waals surface area contributed by atoms with E-state index in [0.29, 0.717) is 18.0 Å². The van der Waals surface area contributed by atoms with Gasteiger partial charge in [0.15, 0.2) is 0 Å². The van der Waals surface area contributed by atoms with Crippen molar-refractivity contribution < 1.29 is 8.78 Å². The number of nitrogens with zero attached hydrogens (tertiary/aromatic N) is 2. The number of rotatable bonds is 3. The van der Waals surface area contributed by atoms with Crippen LogP contribution in [0.5, 0.6) is 0 Å². The lowest BCUT2D eigenvalue weighted by molar-refractivity contribution is 0.324. The predicted octanol–water partition coefficient (Wildman–Crippen LogP) is 2.99. The molecule has 0 radical (unpaired) electrons. The molecule has 0 amide bonds. The van der Waals surface area contributed by atoms with Crippen molar-refractivity contribution in [3.8, 4) is 0 Å². The van der Waals surface area contributed by atoms with Gasteiger partial charge in [-0.1, -0.05) is 0 Å². The number of aryl methyl sites for hydroxylation is 1. The van der Waals surface area contributed by atoms with E-state index >= 15 is 0 Å². The predicted molar refractivity (Wildman–Crippen MR) is 72.3 cm³/mol. The molecule has 0 spiro atoms. The molecule has 1 aliphatic rings. The largest absolute Gasteiger partial charge is 0.346 e. The first-order valence-electron chi connectivity index (χ1n) is 6.79. The van der Waals surface area contributed by atoms with E-state index in [9.17, 15) is 8.78 Å². The van der Waals surface area contributed by atoms with Crippen LogP contribution < -0.4 is 0 Å². The Kier molecular flexibility index (Phi) is 3.53. The minimum absolute atomic E-state index is 0.377. The number of benzene rings is 1. The third kappa shape index (κ3) is 2.88. The summed E-state index contributed by atoms with van der Waals surface area (Å²) >= 11 is 0. The van der Waals surface area contributed by atoms with Crippen molar-refractivity contribution in [3.63, 3.8) is 0 Å². The standard InChI is InChI=1S/C15H17F2N3/c1-10-7-18-15(19-10)12-2-3-20(9-12)8-11-4-13(16)6-14(17)5-11/h4-7,12H,2-3,8-9H2,1H3,(H,18,19)/t12-/m1/s1. The van der Waals surface area contributed by atoms with Crippen LogP contribution in [0.2, 0.25) is 0 Å². The summed E-state index contributed by atoms with van der Waals surface area (Å²) in [6.45, 7) is 4.34. The quantitative estimate of drug-likeness (QED) is 0.935. The molecular formula is C15H17F2N3. The van der Waals surface area contributed by atoms with Crippen molar-refractivity contribution in [2.45, 2.75) is 25.8 Å². The van der Waals surface area contributed by atoms with Gasteiger partial charge in [-0.25, -0.2) is 13.8 Å². The molecule has 0 aliphatic carbocycles. The van der Waals surface area contributed by atoms with Crippen molar-refractivity contribution in [2.75, 3.05) is 13.1 Å². The van der Waals surface area contributed by atoms with Gasteiger partial charge < -0.3 is 4.98 Å². The second-order valence-corrected chi connectivity index (χ2v) is 5.45. The molecule has 0 bridgehead atoms. The Bertz CT molecular complexity index is 589. The lowest BCUT2D eigenvalue weighted by Crippen LogP contribution is -2.20. The zero-order valence-corrected chi connectivity index (χ0v) is 11.4. The molecule has 20 heavy (non-hydrogen) atoms. The van der Waals surface area contributed by atoms with Gasteiger partial charge in [0.05, 0.1) is 0 Å². The van der Waals surface area contributed by atoms with Gasteiger partial charge in [-0.3, -0.25) is 4.90 Å². The van der Waals surface area contributed by atoms with Crippen LogP contribution in [0.3, 0.4) is 0 Å². The van der Waals surface area contributed by atoms with Crippen LogP contribution in [0.25, 0.3) is 0 Å². The highest BCUT2D eigenvalue weighted by molar-refractivity contribution is 5.18. The Morgan fingerprint density at radius 1 is 1.30 bits per heavy atom. The molecule has 2 heterocycles. The van der Waals surface area contributed by atoms with E-state index in [-0.39, 0.29) is 0 Å². The number of aromatic amines is 1. The van der Waals surface area contributed by atoms with Crippen LogP contribution in [0.15, 0.2) is 24.4 Å². The van der Waals surface area contributed by atoms with Crippen LogP contribution in [-0.4, -0.2) is 28.0 Å². The first kappa shape index (κ1) is 13.2. The molecule has 1 N–H and O–H groups in total. The lowest BCUT2D eigenvalue weighted by Gasteiger charge is -2.15. The number of halogens is 2. The van der Waals surface area contributed by atoms with Crippen molar-refractivity contribution in [2.24, 2.45) is 0 Å². The van der Waals surface area contributed by atoms with Crippen molar-refractivity contribution in [1.29, 1.82) is 0 Å². The average Bonchev–Trinajstić information content (AvgIpc) is 2.96. The second-order valence-electron chi connectivity index (χ2n) is 5.45. The van der Waals surface area contributed by atoms with E-state index in [1.54, 1.807) is 0 Å². The number of likely N-dealkylation sites (tertiary alicyclic amines) is 1. The second kappa shape index (κ2) is 5.32.